The molecule has 2 aromatic carbocycles. The number of halogens is 2. The second kappa shape index (κ2) is 15.0. The molecule has 8 N–H and O–H groups in total. The minimum Gasteiger partial charge on any atom is -0.388 e. The van der Waals surface area contributed by atoms with Gasteiger partial charge in [0.25, 0.3) is 0 Å². The van der Waals surface area contributed by atoms with Crippen LogP contribution in [-0.2, 0) is 13.0 Å². The van der Waals surface area contributed by atoms with Gasteiger partial charge < -0.3 is 27.5 Å². The van der Waals surface area contributed by atoms with Crippen LogP contribution in [0.2, 0.25) is 5.02 Å². The third-order valence-corrected chi connectivity index (χ3v) is 7.55. The van der Waals surface area contributed by atoms with Gasteiger partial charge >= 0.3 is 5.69 Å². The lowest BCUT2D eigenvalue weighted by atomic mass is 10.00. The fourth-order valence-electron chi connectivity index (χ4n) is 4.92. The fourth-order valence-corrected chi connectivity index (χ4v) is 5.16. The summed E-state index contributed by atoms with van der Waals surface area (Å²) in [5.74, 6) is 0.647. The van der Waals surface area contributed by atoms with Crippen LogP contribution in [0.3, 0.4) is 0 Å². The smallest absolute Gasteiger partial charge is 0.354 e. The van der Waals surface area contributed by atoms with Crippen LogP contribution in [0.5, 0.6) is 0 Å². The van der Waals surface area contributed by atoms with Gasteiger partial charge in [0.15, 0.2) is 11.8 Å². The summed E-state index contributed by atoms with van der Waals surface area (Å²) in [6.45, 7) is 7.65. The maximum atomic E-state index is 15.1. The van der Waals surface area contributed by atoms with E-state index in [2.05, 4.69) is 39.1 Å². The number of aromatic nitrogens is 3. The second-order valence-corrected chi connectivity index (χ2v) is 11.8. The standard InChI is InChI=1S/C32H41ClFN9O/c1-19(2)5-4-6-22-13-26(29(34)27(33)14-22)28-15-23-18-43(32(44)42-30(23)41-28)25-9-7-21(8-10-25)16-40-24(17-39-20(3)35)11-12-38-31(36)37/h7-10,13-15,18-19,24,40H,4-6,11-12,16-17H2,1-3H3,(H2,35,39)(H4,36,37,38)(H,41,42,44)/t24-/m1/s1. The van der Waals surface area contributed by atoms with Gasteiger partial charge in [-0.3, -0.25) is 14.6 Å². The molecule has 44 heavy (non-hydrogen) atoms. The number of guanidine groups is 1. The fraction of sp³-hybridized carbons (Fsp3) is 0.375. The Morgan fingerprint density at radius 3 is 2.52 bits per heavy atom. The van der Waals surface area contributed by atoms with E-state index in [0.29, 0.717) is 65.8 Å². The van der Waals surface area contributed by atoms with Crippen LogP contribution >= 0.6 is 11.6 Å². The Balaban J connectivity index is 1.51. The molecule has 12 heteroatoms. The molecule has 0 spiro atoms. The van der Waals surface area contributed by atoms with E-state index in [4.69, 9.17) is 28.8 Å². The largest absolute Gasteiger partial charge is 0.388 e. The number of fused-ring (bicyclic) bond motifs is 1. The number of amidine groups is 1. The Labute approximate surface area is 261 Å². The Morgan fingerprint density at radius 2 is 1.84 bits per heavy atom. The molecule has 0 amide bonds. The lowest BCUT2D eigenvalue weighted by molar-refractivity contribution is 0.493. The molecule has 10 nitrogen and oxygen atoms in total. The van der Waals surface area contributed by atoms with E-state index in [9.17, 15) is 4.79 Å². The Hall–Kier alpha value is -4.22. The first-order valence-corrected chi connectivity index (χ1v) is 15.1. The number of aromatic amines is 1. The van der Waals surface area contributed by atoms with Gasteiger partial charge in [-0.1, -0.05) is 44.0 Å². The number of hydrogen-bond acceptors (Lipinski definition) is 5. The van der Waals surface area contributed by atoms with Crippen molar-refractivity contribution in [2.75, 3.05) is 13.1 Å². The van der Waals surface area contributed by atoms with Gasteiger partial charge in [-0.15, -0.1) is 0 Å². The first kappa shape index (κ1) is 32.7. The third kappa shape index (κ3) is 8.90. The van der Waals surface area contributed by atoms with Gasteiger partial charge in [-0.05, 0) is 73.6 Å². The summed E-state index contributed by atoms with van der Waals surface area (Å²) in [4.78, 5) is 28.7. The number of nitrogens with one attached hydrogen (secondary N) is 2. The number of aryl methyl sites for hydroxylation is 1. The molecule has 0 bridgehead atoms. The van der Waals surface area contributed by atoms with Gasteiger partial charge in [-0.2, -0.15) is 4.98 Å². The number of hydrogen-bond donors (Lipinski definition) is 5. The van der Waals surface area contributed by atoms with Gasteiger partial charge in [0, 0.05) is 36.3 Å². The molecule has 0 saturated carbocycles. The lowest BCUT2D eigenvalue weighted by Gasteiger charge is -2.16. The van der Waals surface area contributed by atoms with E-state index in [1.54, 1.807) is 25.3 Å². The number of benzene rings is 2. The van der Waals surface area contributed by atoms with E-state index >= 15 is 4.39 Å². The van der Waals surface area contributed by atoms with Crippen LogP contribution in [0, 0.1) is 11.7 Å². The lowest BCUT2D eigenvalue weighted by Crippen LogP contribution is -2.33. The van der Waals surface area contributed by atoms with E-state index in [1.165, 1.54) is 4.57 Å². The molecule has 0 aliphatic heterocycles. The van der Waals surface area contributed by atoms with E-state index in [-0.39, 0.29) is 17.0 Å². The van der Waals surface area contributed by atoms with Crippen LogP contribution in [-0.4, -0.2) is 45.5 Å². The number of aliphatic imine (C=N–C) groups is 2. The Bertz CT molecular complexity index is 1680. The summed E-state index contributed by atoms with van der Waals surface area (Å²) in [6.07, 6.45) is 5.26. The molecular weight excluding hydrogens is 581 g/mol. The number of nitrogens with zero attached hydrogens (tertiary/aromatic N) is 4. The van der Waals surface area contributed by atoms with Crippen molar-refractivity contribution in [1.82, 2.24) is 19.9 Å². The quantitative estimate of drug-likeness (QED) is 0.102. The average Bonchev–Trinajstić information content (AvgIpc) is 3.38. The third-order valence-electron chi connectivity index (χ3n) is 7.28. The summed E-state index contributed by atoms with van der Waals surface area (Å²) in [5, 5.41) is 4.21. The molecule has 4 aromatic rings. The van der Waals surface area contributed by atoms with Gasteiger partial charge in [0.05, 0.1) is 28.8 Å². The summed E-state index contributed by atoms with van der Waals surface area (Å²) < 4.78 is 16.6. The molecule has 2 aromatic heterocycles. The van der Waals surface area contributed by atoms with Crippen LogP contribution in [0.1, 0.15) is 51.2 Å². The summed E-state index contributed by atoms with van der Waals surface area (Å²) in [6, 6.07) is 12.9. The minimum atomic E-state index is -0.506. The maximum Gasteiger partial charge on any atom is 0.354 e. The zero-order valence-electron chi connectivity index (χ0n) is 25.4. The van der Waals surface area contributed by atoms with Crippen molar-refractivity contribution in [3.63, 3.8) is 0 Å². The minimum absolute atomic E-state index is 0.0220. The van der Waals surface area contributed by atoms with Gasteiger partial charge in [-0.25, -0.2) is 9.18 Å². The van der Waals surface area contributed by atoms with Crippen molar-refractivity contribution in [2.24, 2.45) is 33.1 Å². The van der Waals surface area contributed by atoms with Crippen molar-refractivity contribution in [3.05, 3.63) is 81.1 Å². The van der Waals surface area contributed by atoms with Crippen molar-refractivity contribution in [3.8, 4) is 16.9 Å². The normalized spacial score (nSPS) is 12.6. The molecule has 4 rings (SSSR count). The molecule has 0 aliphatic rings. The first-order chi connectivity index (χ1) is 21.0. The summed E-state index contributed by atoms with van der Waals surface area (Å²) in [7, 11) is 0. The molecule has 0 aliphatic carbocycles. The van der Waals surface area contributed by atoms with E-state index in [1.807, 2.05) is 30.3 Å². The molecule has 0 fully saturated rings. The van der Waals surface area contributed by atoms with E-state index in [0.717, 1.165) is 30.4 Å². The second-order valence-electron chi connectivity index (χ2n) is 11.4. The molecular formula is C32H41ClFN9O. The predicted molar refractivity (Wildman–Crippen MR) is 178 cm³/mol. The predicted octanol–water partition coefficient (Wildman–Crippen LogP) is 4.65. The highest BCUT2D eigenvalue weighted by molar-refractivity contribution is 6.31. The van der Waals surface area contributed by atoms with Crippen molar-refractivity contribution in [1.29, 1.82) is 0 Å². The highest BCUT2D eigenvalue weighted by Crippen LogP contribution is 2.31. The maximum absolute atomic E-state index is 15.1. The number of H-pyrrole nitrogens is 1. The summed E-state index contributed by atoms with van der Waals surface area (Å²) in [5.41, 5.74) is 20.0. The molecule has 0 saturated heterocycles. The molecule has 0 unspecified atom stereocenters. The Kier molecular flexibility index (Phi) is 11.1. The Morgan fingerprint density at radius 1 is 1.09 bits per heavy atom. The zero-order valence-corrected chi connectivity index (χ0v) is 26.2. The van der Waals surface area contributed by atoms with Crippen LogP contribution in [0.25, 0.3) is 28.0 Å². The highest BCUT2D eigenvalue weighted by atomic mass is 35.5. The molecule has 1 atom stereocenters. The first-order valence-electron chi connectivity index (χ1n) is 14.8. The highest BCUT2D eigenvalue weighted by Gasteiger charge is 2.16. The number of nitrogens with two attached hydrogens (primary N) is 3. The van der Waals surface area contributed by atoms with E-state index < -0.39 is 11.5 Å². The topological polar surface area (TPSA) is 165 Å². The van der Waals surface area contributed by atoms with Gasteiger partial charge in [0.2, 0.25) is 0 Å². The van der Waals surface area contributed by atoms with Gasteiger partial charge in [0.1, 0.15) is 5.65 Å². The SMILES string of the molecule is CC(N)=NC[C@@H](CCN=C(N)N)NCc1ccc(-n2cc3cc(-c4cc(CCCC(C)C)cc(Cl)c4F)[nH]c3nc2=O)cc1. The van der Waals surface area contributed by atoms with Crippen molar-refractivity contribution >= 4 is 34.4 Å². The zero-order chi connectivity index (χ0) is 31.8. The monoisotopic (exact) mass is 621 g/mol. The molecule has 234 valence electrons. The molecule has 0 radical (unpaired) electrons. The number of rotatable bonds is 14. The van der Waals surface area contributed by atoms with Crippen molar-refractivity contribution < 1.29 is 4.39 Å². The average molecular weight is 622 g/mol. The van der Waals surface area contributed by atoms with Crippen LogP contribution in [0.4, 0.5) is 4.39 Å². The molecule has 2 heterocycles. The van der Waals surface area contributed by atoms with Crippen LogP contribution < -0.4 is 28.2 Å². The van der Waals surface area contributed by atoms with Crippen LogP contribution in [0.15, 0.2) is 63.4 Å². The summed E-state index contributed by atoms with van der Waals surface area (Å²) >= 11 is 6.27. The van der Waals surface area contributed by atoms with Crippen molar-refractivity contribution in [2.45, 2.75) is 59.0 Å².